The Bertz CT molecular complexity index is 473. The van der Waals surface area contributed by atoms with Crippen molar-refractivity contribution in [2.24, 2.45) is 0 Å². The van der Waals surface area contributed by atoms with Crippen molar-refractivity contribution in [3.05, 3.63) is 27.7 Å². The number of carbonyl (C=O) groups excluding carboxylic acids is 1. The minimum absolute atomic E-state index is 0.201. The number of nitrogen functional groups attached to an aromatic ring is 1. The predicted molar refractivity (Wildman–Crippen MR) is 90.2 cm³/mol. The highest BCUT2D eigenvalue weighted by Crippen LogP contribution is 2.29. The third-order valence-electron chi connectivity index (χ3n) is 3.30. The Balaban J connectivity index is 2.62. The van der Waals surface area contributed by atoms with Crippen LogP contribution in [0.25, 0.3) is 0 Å². The van der Waals surface area contributed by atoms with Gasteiger partial charge in [-0.25, -0.2) is 0 Å². The zero-order chi connectivity index (χ0) is 16.2. The van der Waals surface area contributed by atoms with Crippen LogP contribution in [0.5, 0.6) is 0 Å². The zero-order valence-corrected chi connectivity index (χ0v) is 14.4. The fraction of sp³-hybridized carbons (Fsp3) is 0.533. The van der Waals surface area contributed by atoms with E-state index in [-0.39, 0.29) is 16.0 Å². The summed E-state index contributed by atoms with van der Waals surface area (Å²) >= 11 is 11.8. The Kier molecular flexibility index (Phi) is 6.78. The quantitative estimate of drug-likeness (QED) is 0.785. The smallest absolute Gasteiger partial charge is 0.251 e. The van der Waals surface area contributed by atoms with E-state index >= 15 is 0 Å². The standard InChI is InChI=1S/C15H23Cl2N3O/c1-9(2)20(10(3)4)6-5-19-15(21)11-7-12(16)14(17)13(18)8-11/h7-10H,5-6,18H2,1-4H3,(H,19,21). The van der Waals surface area contributed by atoms with Gasteiger partial charge in [-0.1, -0.05) is 23.2 Å². The molecule has 0 heterocycles. The molecule has 21 heavy (non-hydrogen) atoms. The lowest BCUT2D eigenvalue weighted by molar-refractivity contribution is 0.0939. The third-order valence-corrected chi connectivity index (χ3v) is 4.12. The Morgan fingerprint density at radius 2 is 1.81 bits per heavy atom. The number of nitrogens with two attached hydrogens (primary N) is 1. The minimum atomic E-state index is -0.201. The average molecular weight is 332 g/mol. The van der Waals surface area contributed by atoms with Gasteiger partial charge in [0.05, 0.1) is 15.7 Å². The Morgan fingerprint density at radius 3 is 2.29 bits per heavy atom. The van der Waals surface area contributed by atoms with E-state index in [2.05, 4.69) is 37.9 Å². The van der Waals surface area contributed by atoms with Gasteiger partial charge < -0.3 is 11.1 Å². The normalized spacial score (nSPS) is 11.5. The number of halogens is 2. The molecule has 0 aromatic heterocycles. The molecule has 0 radical (unpaired) electrons. The number of hydrogen-bond donors (Lipinski definition) is 2. The molecule has 0 bridgehead atoms. The van der Waals surface area contributed by atoms with Gasteiger partial charge in [0.2, 0.25) is 0 Å². The van der Waals surface area contributed by atoms with E-state index in [1.54, 1.807) is 0 Å². The number of rotatable bonds is 6. The van der Waals surface area contributed by atoms with E-state index in [4.69, 9.17) is 28.9 Å². The molecule has 0 unspecified atom stereocenters. The fourth-order valence-corrected chi connectivity index (χ4v) is 2.59. The molecule has 118 valence electrons. The first-order valence-electron chi connectivity index (χ1n) is 7.02. The fourth-order valence-electron chi connectivity index (χ4n) is 2.25. The van der Waals surface area contributed by atoms with Gasteiger partial charge >= 0.3 is 0 Å². The number of nitrogens with zero attached hydrogens (tertiary/aromatic N) is 1. The highest BCUT2D eigenvalue weighted by Gasteiger charge is 2.14. The monoisotopic (exact) mass is 331 g/mol. The van der Waals surface area contributed by atoms with Gasteiger partial charge in [-0.15, -0.1) is 0 Å². The van der Waals surface area contributed by atoms with Crippen LogP contribution in [0.4, 0.5) is 5.69 Å². The summed E-state index contributed by atoms with van der Waals surface area (Å²) in [7, 11) is 0. The molecular formula is C15H23Cl2N3O. The largest absolute Gasteiger partial charge is 0.397 e. The molecule has 0 fully saturated rings. The summed E-state index contributed by atoms with van der Waals surface area (Å²) in [6, 6.07) is 3.93. The molecule has 1 amide bonds. The number of amides is 1. The lowest BCUT2D eigenvalue weighted by atomic mass is 10.2. The number of anilines is 1. The lowest BCUT2D eigenvalue weighted by Gasteiger charge is -2.30. The maximum absolute atomic E-state index is 12.1. The number of hydrogen-bond acceptors (Lipinski definition) is 3. The Hall–Kier alpha value is -0.970. The van der Waals surface area contributed by atoms with E-state index in [9.17, 15) is 4.79 Å². The van der Waals surface area contributed by atoms with Gasteiger partial charge in [-0.3, -0.25) is 9.69 Å². The number of carbonyl (C=O) groups is 1. The van der Waals surface area contributed by atoms with Crippen molar-refractivity contribution < 1.29 is 4.79 Å². The molecule has 1 aromatic rings. The summed E-state index contributed by atoms with van der Waals surface area (Å²) in [6.45, 7) is 9.92. The summed E-state index contributed by atoms with van der Waals surface area (Å²) < 4.78 is 0. The van der Waals surface area contributed by atoms with Crippen molar-refractivity contribution in [3.8, 4) is 0 Å². The van der Waals surface area contributed by atoms with Crippen LogP contribution in [0.15, 0.2) is 12.1 Å². The van der Waals surface area contributed by atoms with Crippen LogP contribution in [-0.2, 0) is 0 Å². The van der Waals surface area contributed by atoms with Crippen LogP contribution in [-0.4, -0.2) is 36.0 Å². The molecule has 0 aliphatic carbocycles. The molecule has 0 saturated carbocycles. The third kappa shape index (κ3) is 5.06. The molecule has 1 aromatic carbocycles. The van der Waals surface area contributed by atoms with Crippen LogP contribution in [0.2, 0.25) is 10.0 Å². The van der Waals surface area contributed by atoms with E-state index in [0.29, 0.717) is 29.9 Å². The summed E-state index contributed by atoms with van der Waals surface area (Å²) in [5, 5.41) is 3.44. The predicted octanol–water partition coefficient (Wildman–Crippen LogP) is 3.42. The summed E-state index contributed by atoms with van der Waals surface area (Å²) in [6.07, 6.45) is 0. The maximum Gasteiger partial charge on any atom is 0.251 e. The van der Waals surface area contributed by atoms with Gasteiger partial charge in [0.1, 0.15) is 0 Å². The molecular weight excluding hydrogens is 309 g/mol. The van der Waals surface area contributed by atoms with E-state index in [1.165, 1.54) is 12.1 Å². The second-order valence-corrected chi connectivity index (χ2v) is 6.33. The van der Waals surface area contributed by atoms with Crippen molar-refractivity contribution >= 4 is 34.8 Å². The van der Waals surface area contributed by atoms with Crippen LogP contribution in [0.1, 0.15) is 38.1 Å². The topological polar surface area (TPSA) is 58.4 Å². The summed E-state index contributed by atoms with van der Waals surface area (Å²) in [5.74, 6) is -0.201. The van der Waals surface area contributed by atoms with Gasteiger partial charge in [0, 0.05) is 30.7 Å². The van der Waals surface area contributed by atoms with E-state index < -0.39 is 0 Å². The first-order chi connectivity index (χ1) is 9.73. The lowest BCUT2D eigenvalue weighted by Crippen LogP contribution is -2.42. The molecule has 0 aliphatic rings. The van der Waals surface area contributed by atoms with Crippen LogP contribution in [0.3, 0.4) is 0 Å². The molecule has 0 aliphatic heterocycles. The summed E-state index contributed by atoms with van der Waals surface area (Å²) in [4.78, 5) is 14.4. The average Bonchev–Trinajstić information content (AvgIpc) is 2.39. The van der Waals surface area contributed by atoms with Crippen molar-refractivity contribution in [2.75, 3.05) is 18.8 Å². The zero-order valence-electron chi connectivity index (χ0n) is 12.9. The van der Waals surface area contributed by atoms with E-state index in [1.807, 2.05) is 0 Å². The van der Waals surface area contributed by atoms with Crippen molar-refractivity contribution in [2.45, 2.75) is 39.8 Å². The van der Waals surface area contributed by atoms with Gasteiger partial charge in [0.25, 0.3) is 5.91 Å². The Labute approximate surface area is 136 Å². The Morgan fingerprint density at radius 1 is 1.24 bits per heavy atom. The van der Waals surface area contributed by atoms with Crippen molar-refractivity contribution in [1.82, 2.24) is 10.2 Å². The first kappa shape index (κ1) is 18.1. The molecule has 4 nitrogen and oxygen atoms in total. The van der Waals surface area contributed by atoms with Crippen LogP contribution in [0, 0.1) is 0 Å². The second-order valence-electron chi connectivity index (χ2n) is 5.54. The van der Waals surface area contributed by atoms with E-state index in [0.717, 1.165) is 6.54 Å². The molecule has 0 atom stereocenters. The van der Waals surface area contributed by atoms with Crippen LogP contribution < -0.4 is 11.1 Å². The first-order valence-corrected chi connectivity index (χ1v) is 7.78. The molecule has 1 rings (SSSR count). The minimum Gasteiger partial charge on any atom is -0.397 e. The van der Waals surface area contributed by atoms with Crippen LogP contribution >= 0.6 is 23.2 Å². The number of nitrogens with one attached hydrogen (secondary N) is 1. The second kappa shape index (κ2) is 7.87. The molecule has 3 N–H and O–H groups in total. The molecule has 6 heteroatoms. The SMILES string of the molecule is CC(C)N(CCNC(=O)c1cc(N)c(Cl)c(Cl)c1)C(C)C. The van der Waals surface area contributed by atoms with Gasteiger partial charge in [0.15, 0.2) is 0 Å². The highest BCUT2D eigenvalue weighted by molar-refractivity contribution is 6.43. The molecule has 0 spiro atoms. The maximum atomic E-state index is 12.1. The summed E-state index contributed by atoms with van der Waals surface area (Å²) in [5.41, 5.74) is 6.44. The molecule has 0 saturated heterocycles. The van der Waals surface area contributed by atoms with Gasteiger partial charge in [-0.2, -0.15) is 0 Å². The highest BCUT2D eigenvalue weighted by atomic mass is 35.5. The number of benzene rings is 1. The van der Waals surface area contributed by atoms with Gasteiger partial charge in [-0.05, 0) is 39.8 Å². The van der Waals surface area contributed by atoms with Crippen molar-refractivity contribution in [3.63, 3.8) is 0 Å². The van der Waals surface area contributed by atoms with Crippen molar-refractivity contribution in [1.29, 1.82) is 0 Å².